The first-order valence-corrected chi connectivity index (χ1v) is 9.74. The molecule has 1 aromatic heterocycles. The highest BCUT2D eigenvalue weighted by molar-refractivity contribution is 7.12. The van der Waals surface area contributed by atoms with E-state index in [4.69, 9.17) is 4.74 Å². The van der Waals surface area contributed by atoms with E-state index in [0.717, 1.165) is 4.90 Å². The predicted molar refractivity (Wildman–Crippen MR) is 103 cm³/mol. The van der Waals surface area contributed by atoms with Crippen LogP contribution in [0.25, 0.3) is 0 Å². The molecule has 1 aliphatic rings. The molecular formula is C20H20N2O5S. The molecule has 28 heavy (non-hydrogen) atoms. The van der Waals surface area contributed by atoms with Crippen LogP contribution in [-0.4, -0.2) is 47.8 Å². The topological polar surface area (TPSA) is 92.8 Å². The van der Waals surface area contributed by atoms with Crippen LogP contribution in [0.15, 0.2) is 41.8 Å². The van der Waals surface area contributed by atoms with Gasteiger partial charge in [0, 0.05) is 0 Å². The minimum absolute atomic E-state index is 0.0399. The maximum Gasteiger partial charge on any atom is 0.328 e. The van der Waals surface area contributed by atoms with Gasteiger partial charge in [-0.2, -0.15) is 0 Å². The van der Waals surface area contributed by atoms with E-state index in [9.17, 15) is 19.2 Å². The summed E-state index contributed by atoms with van der Waals surface area (Å²) < 4.78 is 5.24. The number of hydrogen-bond donors (Lipinski definition) is 1. The van der Waals surface area contributed by atoms with Crippen LogP contribution in [-0.2, 0) is 9.53 Å². The van der Waals surface area contributed by atoms with Gasteiger partial charge >= 0.3 is 5.97 Å². The fourth-order valence-corrected chi connectivity index (χ4v) is 3.51. The molecule has 1 atom stereocenters. The molecule has 146 valence electrons. The molecule has 0 spiro atoms. The Bertz CT molecular complexity index is 872. The van der Waals surface area contributed by atoms with Gasteiger partial charge < -0.3 is 10.1 Å². The molecule has 2 aromatic rings. The summed E-state index contributed by atoms with van der Waals surface area (Å²) in [5.74, 6) is -1.93. The highest BCUT2D eigenvalue weighted by atomic mass is 32.1. The summed E-state index contributed by atoms with van der Waals surface area (Å²) in [5.41, 5.74) is 0.698. The zero-order chi connectivity index (χ0) is 20.3. The average Bonchev–Trinajstić information content (AvgIpc) is 3.29. The third kappa shape index (κ3) is 3.96. The first-order chi connectivity index (χ1) is 13.4. The summed E-state index contributed by atoms with van der Waals surface area (Å²) in [6.07, 6.45) is 0. The quantitative estimate of drug-likeness (QED) is 0.569. The molecule has 1 aromatic carbocycles. The summed E-state index contributed by atoms with van der Waals surface area (Å²) >= 11 is 1.28. The number of amides is 3. The molecule has 2 heterocycles. The van der Waals surface area contributed by atoms with Crippen LogP contribution in [0.2, 0.25) is 0 Å². The largest absolute Gasteiger partial charge is 0.462 e. The van der Waals surface area contributed by atoms with E-state index in [0.29, 0.717) is 16.0 Å². The number of carbonyl (C=O) groups is 4. The number of nitrogens with one attached hydrogen (secondary N) is 1. The summed E-state index contributed by atoms with van der Waals surface area (Å²) in [6.45, 7) is 3.42. The van der Waals surface area contributed by atoms with Crippen LogP contribution >= 0.6 is 11.3 Å². The van der Waals surface area contributed by atoms with Gasteiger partial charge in [-0.15, -0.1) is 11.3 Å². The van der Waals surface area contributed by atoms with Crippen molar-refractivity contribution in [1.29, 1.82) is 0 Å². The van der Waals surface area contributed by atoms with Crippen molar-refractivity contribution in [1.82, 2.24) is 10.2 Å². The van der Waals surface area contributed by atoms with Crippen molar-refractivity contribution in [2.45, 2.75) is 19.9 Å². The van der Waals surface area contributed by atoms with Crippen LogP contribution in [0.1, 0.15) is 44.2 Å². The second-order valence-corrected chi connectivity index (χ2v) is 7.60. The zero-order valence-electron chi connectivity index (χ0n) is 15.5. The van der Waals surface area contributed by atoms with Gasteiger partial charge in [-0.25, -0.2) is 4.79 Å². The summed E-state index contributed by atoms with van der Waals surface area (Å²) in [4.78, 5) is 50.8. The van der Waals surface area contributed by atoms with Gasteiger partial charge in [-0.05, 0) is 29.5 Å². The Balaban J connectivity index is 1.56. The summed E-state index contributed by atoms with van der Waals surface area (Å²) in [5, 5.41) is 4.46. The number of ether oxygens (including phenoxy) is 1. The van der Waals surface area contributed by atoms with Crippen LogP contribution < -0.4 is 5.32 Å². The Labute approximate surface area is 166 Å². The number of rotatable bonds is 7. The third-order valence-corrected chi connectivity index (χ3v) is 5.26. The number of imide groups is 1. The normalized spacial score (nSPS) is 14.2. The van der Waals surface area contributed by atoms with E-state index in [1.807, 2.05) is 0 Å². The Morgan fingerprint density at radius 1 is 1.07 bits per heavy atom. The molecule has 1 aliphatic heterocycles. The van der Waals surface area contributed by atoms with E-state index in [1.54, 1.807) is 55.6 Å². The van der Waals surface area contributed by atoms with Crippen molar-refractivity contribution in [2.75, 3.05) is 13.2 Å². The Morgan fingerprint density at radius 2 is 1.71 bits per heavy atom. The SMILES string of the molecule is CC(C)[C@@H](NC(=O)c1cccs1)C(=O)OCCN1C(=O)c2ccccc2C1=O. The molecule has 7 nitrogen and oxygen atoms in total. The van der Waals surface area contributed by atoms with E-state index in [2.05, 4.69) is 5.32 Å². The van der Waals surface area contributed by atoms with Crippen LogP contribution in [0.3, 0.4) is 0 Å². The molecule has 3 amide bonds. The average molecular weight is 400 g/mol. The van der Waals surface area contributed by atoms with Gasteiger partial charge in [-0.1, -0.05) is 32.0 Å². The second kappa shape index (κ2) is 8.35. The maximum atomic E-state index is 12.4. The molecule has 1 N–H and O–H groups in total. The number of thiophene rings is 1. The lowest BCUT2D eigenvalue weighted by atomic mass is 10.0. The monoisotopic (exact) mass is 400 g/mol. The van der Waals surface area contributed by atoms with Crippen molar-refractivity contribution in [3.05, 3.63) is 57.8 Å². The highest BCUT2D eigenvalue weighted by Crippen LogP contribution is 2.22. The standard InChI is InChI=1S/C20H20N2O5S/c1-12(2)16(21-17(23)15-8-5-11-28-15)20(26)27-10-9-22-18(24)13-6-3-4-7-14(13)19(22)25/h3-8,11-12,16H,9-10H2,1-2H3,(H,21,23)/t16-/m1/s1. The Hall–Kier alpha value is -3.00. The third-order valence-electron chi connectivity index (χ3n) is 4.39. The van der Waals surface area contributed by atoms with Gasteiger partial charge in [0.15, 0.2) is 0 Å². The minimum atomic E-state index is -0.822. The fraction of sp³-hybridized carbons (Fsp3) is 0.300. The summed E-state index contributed by atoms with van der Waals surface area (Å²) in [6, 6.07) is 9.17. The molecule has 0 fully saturated rings. The van der Waals surface area contributed by atoms with Gasteiger partial charge in [0.25, 0.3) is 17.7 Å². The van der Waals surface area contributed by atoms with Crippen molar-refractivity contribution in [3.8, 4) is 0 Å². The number of carbonyl (C=O) groups excluding carboxylic acids is 4. The van der Waals surface area contributed by atoms with E-state index in [-0.39, 0.29) is 25.0 Å². The minimum Gasteiger partial charge on any atom is -0.462 e. The van der Waals surface area contributed by atoms with Crippen molar-refractivity contribution >= 4 is 35.0 Å². The van der Waals surface area contributed by atoms with Gasteiger partial charge in [0.1, 0.15) is 12.6 Å². The molecule has 8 heteroatoms. The first kappa shape index (κ1) is 19.8. The number of nitrogens with zero attached hydrogens (tertiary/aromatic N) is 1. The molecular weight excluding hydrogens is 380 g/mol. The van der Waals surface area contributed by atoms with Gasteiger partial charge in [0.05, 0.1) is 22.5 Å². The van der Waals surface area contributed by atoms with Crippen LogP contribution in [0.4, 0.5) is 0 Å². The molecule has 0 saturated heterocycles. The van der Waals surface area contributed by atoms with Crippen LogP contribution in [0, 0.1) is 5.92 Å². The number of fused-ring (bicyclic) bond motifs is 1. The number of hydrogen-bond acceptors (Lipinski definition) is 6. The Morgan fingerprint density at radius 3 is 2.25 bits per heavy atom. The maximum absolute atomic E-state index is 12.4. The second-order valence-electron chi connectivity index (χ2n) is 6.65. The molecule has 0 bridgehead atoms. The highest BCUT2D eigenvalue weighted by Gasteiger charge is 2.35. The van der Waals surface area contributed by atoms with E-state index >= 15 is 0 Å². The number of benzene rings is 1. The lowest BCUT2D eigenvalue weighted by molar-refractivity contribution is -0.147. The Kier molecular flexibility index (Phi) is 5.89. The fourth-order valence-electron chi connectivity index (χ4n) is 2.89. The molecule has 3 rings (SSSR count). The van der Waals surface area contributed by atoms with E-state index in [1.165, 1.54) is 11.3 Å². The molecule has 0 unspecified atom stereocenters. The molecule has 0 aliphatic carbocycles. The van der Waals surface area contributed by atoms with Crippen molar-refractivity contribution < 1.29 is 23.9 Å². The van der Waals surface area contributed by atoms with Crippen LogP contribution in [0.5, 0.6) is 0 Å². The van der Waals surface area contributed by atoms with Gasteiger partial charge in [0.2, 0.25) is 0 Å². The summed E-state index contributed by atoms with van der Waals surface area (Å²) in [7, 11) is 0. The zero-order valence-corrected chi connectivity index (χ0v) is 16.3. The lowest BCUT2D eigenvalue weighted by Gasteiger charge is -2.21. The smallest absolute Gasteiger partial charge is 0.328 e. The number of esters is 1. The predicted octanol–water partition coefficient (Wildman–Crippen LogP) is 2.34. The lowest BCUT2D eigenvalue weighted by Crippen LogP contribution is -2.45. The van der Waals surface area contributed by atoms with Crippen molar-refractivity contribution in [3.63, 3.8) is 0 Å². The van der Waals surface area contributed by atoms with Gasteiger partial charge in [-0.3, -0.25) is 19.3 Å². The molecule has 0 radical (unpaired) electrons. The van der Waals surface area contributed by atoms with Crippen molar-refractivity contribution in [2.24, 2.45) is 5.92 Å². The van der Waals surface area contributed by atoms with E-state index < -0.39 is 23.8 Å². The molecule has 0 saturated carbocycles. The first-order valence-electron chi connectivity index (χ1n) is 8.86.